The number of nitrogens with one attached hydrogen (secondary N) is 3. The van der Waals surface area contributed by atoms with Gasteiger partial charge in [-0.15, -0.1) is 0 Å². The molecule has 0 atom stereocenters. The van der Waals surface area contributed by atoms with Crippen LogP contribution in [0.4, 0.5) is 0 Å². The summed E-state index contributed by atoms with van der Waals surface area (Å²) in [6.07, 6.45) is 1.84. The molecule has 0 spiro atoms. The van der Waals surface area contributed by atoms with E-state index in [9.17, 15) is 4.79 Å². The van der Waals surface area contributed by atoms with Crippen molar-refractivity contribution >= 4 is 11.9 Å². The van der Waals surface area contributed by atoms with Crippen LogP contribution in [0, 0.1) is 0 Å². The molecule has 2 aromatic rings. The molecular weight excluding hydrogens is 324 g/mol. The Bertz CT molecular complexity index is 755. The number of aliphatic imine (C=N–C) groups is 1. The summed E-state index contributed by atoms with van der Waals surface area (Å²) in [5.41, 5.74) is 4.44. The molecule has 5 nitrogen and oxygen atoms in total. The first-order valence-corrected chi connectivity index (χ1v) is 9.00. The van der Waals surface area contributed by atoms with E-state index in [-0.39, 0.29) is 5.91 Å². The summed E-state index contributed by atoms with van der Waals surface area (Å²) in [6.45, 7) is 3.65. The Morgan fingerprint density at radius 1 is 1.04 bits per heavy atom. The Hall–Kier alpha value is -2.82. The molecule has 0 aromatic heterocycles. The van der Waals surface area contributed by atoms with E-state index in [0.29, 0.717) is 5.56 Å². The summed E-state index contributed by atoms with van der Waals surface area (Å²) >= 11 is 0. The molecule has 0 aliphatic heterocycles. The molecule has 0 aliphatic rings. The molecule has 0 aliphatic carbocycles. The highest BCUT2D eigenvalue weighted by Gasteiger charge is 2.05. The predicted molar refractivity (Wildman–Crippen MR) is 108 cm³/mol. The van der Waals surface area contributed by atoms with E-state index >= 15 is 0 Å². The van der Waals surface area contributed by atoms with Crippen LogP contribution >= 0.6 is 0 Å². The summed E-state index contributed by atoms with van der Waals surface area (Å²) in [5, 5.41) is 9.34. The fraction of sp³-hybridized carbons (Fsp3) is 0.333. The first kappa shape index (κ1) is 19.5. The van der Waals surface area contributed by atoms with Gasteiger partial charge in [0.15, 0.2) is 5.96 Å². The second-order valence-electron chi connectivity index (χ2n) is 6.00. The van der Waals surface area contributed by atoms with Crippen molar-refractivity contribution in [2.45, 2.75) is 26.3 Å². The molecule has 0 bridgehead atoms. The number of aryl methyl sites for hydroxylation is 1. The zero-order chi connectivity index (χ0) is 18.8. The van der Waals surface area contributed by atoms with E-state index in [0.717, 1.165) is 37.5 Å². The van der Waals surface area contributed by atoms with Crippen LogP contribution < -0.4 is 16.0 Å². The summed E-state index contributed by atoms with van der Waals surface area (Å²) in [5.74, 6) is 0.713. The molecule has 2 rings (SSSR count). The lowest BCUT2D eigenvalue weighted by Crippen LogP contribution is -2.38. The lowest BCUT2D eigenvalue weighted by molar-refractivity contribution is 0.0963. The Morgan fingerprint density at radius 2 is 1.81 bits per heavy atom. The number of hydrogen-bond donors (Lipinski definition) is 3. The van der Waals surface area contributed by atoms with Gasteiger partial charge in [0, 0.05) is 32.7 Å². The van der Waals surface area contributed by atoms with Crippen molar-refractivity contribution in [3.05, 3.63) is 70.8 Å². The van der Waals surface area contributed by atoms with Crippen LogP contribution in [0.3, 0.4) is 0 Å². The zero-order valence-corrected chi connectivity index (χ0v) is 15.8. The third-order valence-electron chi connectivity index (χ3n) is 4.29. The number of amides is 1. The smallest absolute Gasteiger partial charge is 0.251 e. The molecule has 0 unspecified atom stereocenters. The van der Waals surface area contributed by atoms with E-state index in [1.165, 1.54) is 11.1 Å². The van der Waals surface area contributed by atoms with Gasteiger partial charge in [-0.05, 0) is 41.7 Å². The molecular formula is C21H28N4O. The average Bonchev–Trinajstić information content (AvgIpc) is 2.70. The predicted octanol–water partition coefficient (Wildman–Crippen LogP) is 2.52. The van der Waals surface area contributed by atoms with Gasteiger partial charge in [0.2, 0.25) is 0 Å². The number of carbonyl (C=O) groups excluding carboxylic acids is 1. The molecule has 26 heavy (non-hydrogen) atoms. The lowest BCUT2D eigenvalue weighted by atomic mass is 10.1. The minimum Gasteiger partial charge on any atom is -0.356 e. The van der Waals surface area contributed by atoms with Gasteiger partial charge in [0.05, 0.1) is 0 Å². The van der Waals surface area contributed by atoms with Gasteiger partial charge >= 0.3 is 0 Å². The third-order valence-corrected chi connectivity index (χ3v) is 4.29. The van der Waals surface area contributed by atoms with Crippen LogP contribution in [0.25, 0.3) is 0 Å². The number of benzene rings is 2. The second kappa shape index (κ2) is 10.2. The molecule has 2 aromatic carbocycles. The fourth-order valence-electron chi connectivity index (χ4n) is 2.81. The van der Waals surface area contributed by atoms with E-state index in [4.69, 9.17) is 0 Å². The van der Waals surface area contributed by atoms with Gasteiger partial charge in [-0.3, -0.25) is 9.79 Å². The van der Waals surface area contributed by atoms with Gasteiger partial charge in [-0.2, -0.15) is 0 Å². The van der Waals surface area contributed by atoms with Crippen molar-refractivity contribution in [2.75, 3.05) is 20.6 Å². The van der Waals surface area contributed by atoms with Crippen LogP contribution in [0.2, 0.25) is 0 Å². The number of rotatable bonds is 7. The SMILES string of the molecule is CCc1ccccc1CNC(=NC)NCCc1cccc(C(=O)NC)c1. The molecule has 138 valence electrons. The van der Waals surface area contributed by atoms with Crippen LogP contribution in [0.5, 0.6) is 0 Å². The van der Waals surface area contributed by atoms with E-state index in [1.807, 2.05) is 24.3 Å². The monoisotopic (exact) mass is 352 g/mol. The van der Waals surface area contributed by atoms with E-state index in [1.54, 1.807) is 14.1 Å². The van der Waals surface area contributed by atoms with Crippen molar-refractivity contribution in [3.63, 3.8) is 0 Å². The Balaban J connectivity index is 1.85. The summed E-state index contributed by atoms with van der Waals surface area (Å²) in [6, 6.07) is 16.1. The van der Waals surface area contributed by atoms with Crippen molar-refractivity contribution in [2.24, 2.45) is 4.99 Å². The highest BCUT2D eigenvalue weighted by Crippen LogP contribution is 2.09. The normalized spacial score (nSPS) is 11.1. The highest BCUT2D eigenvalue weighted by molar-refractivity contribution is 5.94. The van der Waals surface area contributed by atoms with E-state index < -0.39 is 0 Å². The number of guanidine groups is 1. The summed E-state index contributed by atoms with van der Waals surface area (Å²) in [4.78, 5) is 16.0. The maximum absolute atomic E-state index is 11.7. The zero-order valence-electron chi connectivity index (χ0n) is 15.8. The highest BCUT2D eigenvalue weighted by atomic mass is 16.1. The molecule has 1 amide bonds. The molecule has 3 N–H and O–H groups in total. The van der Waals surface area contributed by atoms with Gasteiger partial charge < -0.3 is 16.0 Å². The topological polar surface area (TPSA) is 65.5 Å². The minimum absolute atomic E-state index is 0.0631. The first-order valence-electron chi connectivity index (χ1n) is 9.00. The summed E-state index contributed by atoms with van der Waals surface area (Å²) in [7, 11) is 3.41. The van der Waals surface area contributed by atoms with Crippen LogP contribution in [0.15, 0.2) is 53.5 Å². The Labute approximate surface area is 155 Å². The van der Waals surface area contributed by atoms with Gasteiger partial charge in [-0.1, -0.05) is 43.3 Å². The lowest BCUT2D eigenvalue weighted by Gasteiger charge is -2.14. The summed E-state index contributed by atoms with van der Waals surface area (Å²) < 4.78 is 0. The first-order chi connectivity index (χ1) is 12.7. The van der Waals surface area contributed by atoms with Crippen molar-refractivity contribution in [1.82, 2.24) is 16.0 Å². The van der Waals surface area contributed by atoms with Crippen molar-refractivity contribution in [1.29, 1.82) is 0 Å². The number of hydrogen-bond acceptors (Lipinski definition) is 2. The molecule has 0 saturated heterocycles. The maximum Gasteiger partial charge on any atom is 0.251 e. The number of carbonyl (C=O) groups is 1. The fourth-order valence-corrected chi connectivity index (χ4v) is 2.81. The Kier molecular flexibility index (Phi) is 7.68. The maximum atomic E-state index is 11.7. The van der Waals surface area contributed by atoms with Crippen LogP contribution in [-0.4, -0.2) is 32.5 Å². The van der Waals surface area contributed by atoms with Crippen molar-refractivity contribution < 1.29 is 4.79 Å². The minimum atomic E-state index is -0.0631. The van der Waals surface area contributed by atoms with Crippen molar-refractivity contribution in [3.8, 4) is 0 Å². The molecule has 5 heteroatoms. The molecule has 0 heterocycles. The molecule has 0 saturated carbocycles. The van der Waals surface area contributed by atoms with Crippen LogP contribution in [0.1, 0.15) is 34.0 Å². The molecule has 0 fully saturated rings. The van der Waals surface area contributed by atoms with E-state index in [2.05, 4.69) is 52.1 Å². The average molecular weight is 352 g/mol. The quantitative estimate of drug-likeness (QED) is 0.530. The third kappa shape index (κ3) is 5.62. The molecule has 0 radical (unpaired) electrons. The second-order valence-corrected chi connectivity index (χ2v) is 6.00. The van der Waals surface area contributed by atoms with Gasteiger partial charge in [-0.25, -0.2) is 0 Å². The van der Waals surface area contributed by atoms with Gasteiger partial charge in [0.25, 0.3) is 5.91 Å². The van der Waals surface area contributed by atoms with Crippen LogP contribution in [-0.2, 0) is 19.4 Å². The largest absolute Gasteiger partial charge is 0.356 e. The Morgan fingerprint density at radius 3 is 2.50 bits per heavy atom. The standard InChI is InChI=1S/C21H28N4O/c1-4-17-9-5-6-10-19(17)15-25-21(23-3)24-13-12-16-8-7-11-18(14-16)20(26)22-2/h5-11,14H,4,12-13,15H2,1-3H3,(H,22,26)(H2,23,24,25). The van der Waals surface area contributed by atoms with Gasteiger partial charge in [0.1, 0.15) is 0 Å². The number of nitrogens with zero attached hydrogens (tertiary/aromatic N) is 1.